The molecule has 33 heavy (non-hydrogen) atoms. The van der Waals surface area contributed by atoms with Gasteiger partial charge in [-0.1, -0.05) is 46.7 Å². The maximum Gasteiger partial charge on any atom is 0.350 e. The fraction of sp³-hybridized carbons (Fsp3) is 0.130. The molecule has 0 saturated carbocycles. The van der Waals surface area contributed by atoms with Crippen LogP contribution in [-0.4, -0.2) is 34.9 Å². The van der Waals surface area contributed by atoms with E-state index in [-0.39, 0.29) is 21.3 Å². The highest BCUT2D eigenvalue weighted by molar-refractivity contribution is 7.17. The van der Waals surface area contributed by atoms with Crippen molar-refractivity contribution in [2.24, 2.45) is 0 Å². The van der Waals surface area contributed by atoms with Crippen LogP contribution in [0, 0.1) is 6.92 Å². The summed E-state index contributed by atoms with van der Waals surface area (Å²) in [6.07, 6.45) is 0. The van der Waals surface area contributed by atoms with Crippen LogP contribution in [0.4, 0.5) is 5.13 Å². The van der Waals surface area contributed by atoms with Gasteiger partial charge in [-0.25, -0.2) is 9.78 Å². The summed E-state index contributed by atoms with van der Waals surface area (Å²) in [7, 11) is 1.24. The SMILES string of the molecule is COC(=O)c1sc(N2C(=O)C(=O)/C(=C(/O)c3ccc(Cl)cc3)C2c2ccc(Cl)cc2)nc1C. The van der Waals surface area contributed by atoms with Gasteiger partial charge in [-0.2, -0.15) is 0 Å². The van der Waals surface area contributed by atoms with Gasteiger partial charge in [0.1, 0.15) is 10.6 Å². The molecule has 3 aromatic rings. The van der Waals surface area contributed by atoms with Crippen LogP contribution in [-0.2, 0) is 14.3 Å². The van der Waals surface area contributed by atoms with Crippen LogP contribution in [0.15, 0.2) is 54.1 Å². The first kappa shape index (κ1) is 23.0. The largest absolute Gasteiger partial charge is 0.507 e. The molecule has 0 aliphatic carbocycles. The minimum absolute atomic E-state index is 0.114. The van der Waals surface area contributed by atoms with Crippen molar-refractivity contribution in [1.82, 2.24) is 4.98 Å². The number of thiazole rings is 1. The second kappa shape index (κ2) is 8.97. The minimum Gasteiger partial charge on any atom is -0.507 e. The van der Waals surface area contributed by atoms with Crippen molar-refractivity contribution in [3.8, 4) is 0 Å². The second-order valence-corrected chi connectivity index (χ2v) is 8.98. The lowest BCUT2D eigenvalue weighted by Crippen LogP contribution is -2.29. The number of halogens is 2. The third-order valence-corrected chi connectivity index (χ3v) is 6.75. The van der Waals surface area contributed by atoms with Crippen LogP contribution in [0.1, 0.15) is 32.5 Å². The van der Waals surface area contributed by atoms with Gasteiger partial charge in [0.2, 0.25) is 0 Å². The number of aryl methyl sites for hydroxylation is 1. The van der Waals surface area contributed by atoms with Crippen LogP contribution < -0.4 is 4.90 Å². The number of rotatable bonds is 4. The number of hydrogen-bond acceptors (Lipinski definition) is 7. The topological polar surface area (TPSA) is 96.8 Å². The summed E-state index contributed by atoms with van der Waals surface area (Å²) in [4.78, 5) is 44.1. The fourth-order valence-electron chi connectivity index (χ4n) is 3.52. The average Bonchev–Trinajstić information content (AvgIpc) is 3.31. The number of amides is 1. The Hall–Kier alpha value is -3.20. The number of anilines is 1. The number of aromatic nitrogens is 1. The molecule has 1 amide bonds. The molecule has 1 fully saturated rings. The molecule has 0 bridgehead atoms. The highest BCUT2D eigenvalue weighted by atomic mass is 35.5. The monoisotopic (exact) mass is 502 g/mol. The lowest BCUT2D eigenvalue weighted by atomic mass is 9.95. The van der Waals surface area contributed by atoms with E-state index in [1.807, 2.05) is 0 Å². The quantitative estimate of drug-likeness (QED) is 0.228. The Morgan fingerprint density at radius 1 is 1.06 bits per heavy atom. The molecule has 1 aromatic heterocycles. The molecule has 1 N–H and O–H groups in total. The van der Waals surface area contributed by atoms with E-state index in [2.05, 4.69) is 4.98 Å². The Bertz CT molecular complexity index is 1300. The lowest BCUT2D eigenvalue weighted by molar-refractivity contribution is -0.132. The van der Waals surface area contributed by atoms with E-state index in [1.54, 1.807) is 55.5 Å². The normalized spacial score (nSPS) is 17.5. The Morgan fingerprint density at radius 3 is 2.21 bits per heavy atom. The number of hydrogen-bond donors (Lipinski definition) is 1. The molecule has 168 valence electrons. The molecule has 0 radical (unpaired) electrons. The van der Waals surface area contributed by atoms with Gasteiger partial charge in [0.15, 0.2) is 5.13 Å². The molecule has 1 saturated heterocycles. The van der Waals surface area contributed by atoms with E-state index in [0.29, 0.717) is 26.9 Å². The van der Waals surface area contributed by atoms with Gasteiger partial charge in [-0.3, -0.25) is 14.5 Å². The molecule has 2 heterocycles. The van der Waals surface area contributed by atoms with E-state index >= 15 is 0 Å². The number of methoxy groups -OCH3 is 1. The molecular formula is C23H16Cl2N2O5S. The zero-order valence-corrected chi connectivity index (χ0v) is 19.7. The third kappa shape index (κ3) is 4.13. The van der Waals surface area contributed by atoms with Crippen molar-refractivity contribution in [2.45, 2.75) is 13.0 Å². The summed E-state index contributed by atoms with van der Waals surface area (Å²) in [5.41, 5.74) is 1.09. The van der Waals surface area contributed by atoms with Crippen molar-refractivity contribution < 1.29 is 24.2 Å². The molecule has 0 spiro atoms. The van der Waals surface area contributed by atoms with Gasteiger partial charge in [-0.15, -0.1) is 0 Å². The lowest BCUT2D eigenvalue weighted by Gasteiger charge is -2.23. The Kier molecular flexibility index (Phi) is 6.25. The number of esters is 1. The summed E-state index contributed by atoms with van der Waals surface area (Å²) in [6, 6.07) is 11.8. The summed E-state index contributed by atoms with van der Waals surface area (Å²) in [5, 5.41) is 12.1. The van der Waals surface area contributed by atoms with Gasteiger partial charge in [0.25, 0.3) is 5.78 Å². The maximum absolute atomic E-state index is 13.2. The Balaban J connectivity index is 1.93. The Labute approximate surface area is 202 Å². The minimum atomic E-state index is -0.992. The van der Waals surface area contributed by atoms with Crippen molar-refractivity contribution in [3.63, 3.8) is 0 Å². The van der Waals surface area contributed by atoms with E-state index < -0.39 is 23.7 Å². The summed E-state index contributed by atoms with van der Waals surface area (Å²) < 4.78 is 4.78. The predicted octanol–water partition coefficient (Wildman–Crippen LogP) is 5.17. The highest BCUT2D eigenvalue weighted by Crippen LogP contribution is 2.44. The summed E-state index contributed by atoms with van der Waals surface area (Å²) >= 11 is 12.9. The molecular weight excluding hydrogens is 487 g/mol. The number of ketones is 1. The van der Waals surface area contributed by atoms with Gasteiger partial charge < -0.3 is 9.84 Å². The van der Waals surface area contributed by atoms with E-state index in [9.17, 15) is 19.5 Å². The standard InChI is InChI=1S/C23H16Cl2N2O5S/c1-11-20(22(31)32-2)33-23(26-11)27-17(12-3-7-14(24)8-4-12)16(19(29)21(27)30)18(28)13-5-9-15(25)10-6-13/h3-10,17,28H,1-2H3/b18-16+. The van der Waals surface area contributed by atoms with Gasteiger partial charge in [-0.05, 0) is 48.9 Å². The zero-order valence-electron chi connectivity index (χ0n) is 17.3. The number of aliphatic hydroxyl groups is 1. The van der Waals surface area contributed by atoms with Crippen LogP contribution in [0.3, 0.4) is 0 Å². The molecule has 1 aliphatic heterocycles. The van der Waals surface area contributed by atoms with Crippen LogP contribution in [0.2, 0.25) is 10.0 Å². The number of benzene rings is 2. The molecule has 1 unspecified atom stereocenters. The molecule has 4 rings (SSSR count). The number of Topliss-reactive ketones (excluding diaryl/α,β-unsaturated/α-hetero) is 1. The number of aliphatic hydroxyl groups excluding tert-OH is 1. The molecule has 7 nitrogen and oxygen atoms in total. The van der Waals surface area contributed by atoms with Crippen LogP contribution >= 0.6 is 34.5 Å². The zero-order chi connectivity index (χ0) is 23.9. The molecule has 2 aromatic carbocycles. The van der Waals surface area contributed by atoms with Crippen LogP contribution in [0.25, 0.3) is 5.76 Å². The summed E-state index contributed by atoms with van der Waals surface area (Å²) in [5.74, 6) is -2.71. The third-order valence-electron chi connectivity index (χ3n) is 5.11. The first-order valence-electron chi connectivity index (χ1n) is 9.61. The van der Waals surface area contributed by atoms with Gasteiger partial charge in [0.05, 0.1) is 24.4 Å². The average molecular weight is 503 g/mol. The van der Waals surface area contributed by atoms with Gasteiger partial charge in [0, 0.05) is 15.6 Å². The first-order chi connectivity index (χ1) is 15.7. The number of carbonyl (C=O) groups excluding carboxylic acids is 3. The van der Waals surface area contributed by atoms with Crippen molar-refractivity contribution in [3.05, 3.63) is 85.8 Å². The first-order valence-corrected chi connectivity index (χ1v) is 11.2. The van der Waals surface area contributed by atoms with Crippen molar-refractivity contribution in [2.75, 3.05) is 12.0 Å². The number of ether oxygens (including phenoxy) is 1. The van der Waals surface area contributed by atoms with E-state index in [0.717, 1.165) is 11.3 Å². The van der Waals surface area contributed by atoms with E-state index in [1.165, 1.54) is 12.0 Å². The predicted molar refractivity (Wildman–Crippen MR) is 126 cm³/mol. The Morgan fingerprint density at radius 2 is 1.64 bits per heavy atom. The van der Waals surface area contributed by atoms with E-state index in [4.69, 9.17) is 27.9 Å². The molecule has 1 aliphatic rings. The maximum atomic E-state index is 13.2. The van der Waals surface area contributed by atoms with Crippen LogP contribution in [0.5, 0.6) is 0 Å². The molecule has 1 atom stereocenters. The number of carbonyl (C=O) groups is 3. The van der Waals surface area contributed by atoms with Crippen molar-refractivity contribution >= 4 is 63.1 Å². The fourth-order valence-corrected chi connectivity index (χ4v) is 4.78. The highest BCUT2D eigenvalue weighted by Gasteiger charge is 2.48. The van der Waals surface area contributed by atoms with Gasteiger partial charge >= 0.3 is 11.9 Å². The summed E-state index contributed by atoms with van der Waals surface area (Å²) in [6.45, 7) is 1.61. The number of nitrogens with zero attached hydrogens (tertiary/aromatic N) is 2. The van der Waals surface area contributed by atoms with Crippen molar-refractivity contribution in [1.29, 1.82) is 0 Å². The second-order valence-electron chi connectivity index (χ2n) is 7.13. The smallest absolute Gasteiger partial charge is 0.350 e. The molecule has 10 heteroatoms.